The zero-order valence-electron chi connectivity index (χ0n) is 9.71. The Morgan fingerprint density at radius 3 is 1.50 bits per heavy atom. The number of benzene rings is 2. The second kappa shape index (κ2) is 7.25. The quantitative estimate of drug-likeness (QED) is 0.538. The molecule has 0 radical (unpaired) electrons. The molecular weight excluding hydrogens is 310 g/mol. The van der Waals surface area contributed by atoms with Crippen LogP contribution in [-0.4, -0.2) is 0 Å². The Morgan fingerprint density at radius 1 is 0.722 bits per heavy atom. The largest absolute Gasteiger partial charge is 0.140 e. The lowest BCUT2D eigenvalue weighted by atomic mass is 10.2. The van der Waals surface area contributed by atoms with Crippen LogP contribution in [-0.2, 0) is 4.33 Å². The van der Waals surface area contributed by atoms with Crippen molar-refractivity contribution in [1.29, 1.82) is 0 Å². The molecule has 96 valence electrons. The minimum Gasteiger partial charge on any atom is -0.0966 e. The maximum Gasteiger partial charge on any atom is 0.140 e. The SMILES string of the molecule is CC(Cl)(Cl)c1ccc(Cl)cc1.Clc1ccccc1. The highest BCUT2D eigenvalue weighted by Gasteiger charge is 2.18. The summed E-state index contributed by atoms with van der Waals surface area (Å²) in [5.41, 5.74) is 0.852. The van der Waals surface area contributed by atoms with Crippen LogP contribution in [0.1, 0.15) is 12.5 Å². The molecule has 0 aliphatic heterocycles. The molecule has 0 heterocycles. The summed E-state index contributed by atoms with van der Waals surface area (Å²) in [6, 6.07) is 16.6. The van der Waals surface area contributed by atoms with E-state index in [-0.39, 0.29) is 0 Å². The molecule has 0 saturated carbocycles. The fourth-order valence-corrected chi connectivity index (χ4v) is 1.68. The van der Waals surface area contributed by atoms with E-state index in [0.29, 0.717) is 5.02 Å². The second-order valence-electron chi connectivity index (χ2n) is 3.69. The summed E-state index contributed by atoms with van der Waals surface area (Å²) >= 11 is 22.9. The fraction of sp³-hybridized carbons (Fsp3) is 0.143. The Hall–Kier alpha value is -0.400. The van der Waals surface area contributed by atoms with Gasteiger partial charge in [0.2, 0.25) is 0 Å². The lowest BCUT2D eigenvalue weighted by Crippen LogP contribution is -2.02. The molecule has 0 N–H and O–H groups in total. The molecule has 0 bridgehead atoms. The zero-order chi connectivity index (χ0) is 13.6. The molecule has 4 heteroatoms. The van der Waals surface area contributed by atoms with E-state index >= 15 is 0 Å². The van der Waals surface area contributed by atoms with Gasteiger partial charge in [-0.3, -0.25) is 0 Å². The number of halogens is 4. The maximum atomic E-state index is 5.83. The van der Waals surface area contributed by atoms with E-state index < -0.39 is 4.33 Å². The molecule has 0 spiro atoms. The zero-order valence-corrected chi connectivity index (χ0v) is 12.7. The van der Waals surface area contributed by atoms with Gasteiger partial charge in [0.15, 0.2) is 0 Å². The molecule has 0 amide bonds. The first kappa shape index (κ1) is 15.7. The molecule has 0 saturated heterocycles. The summed E-state index contributed by atoms with van der Waals surface area (Å²) in [6.45, 7) is 1.72. The van der Waals surface area contributed by atoms with Crippen LogP contribution in [0, 0.1) is 0 Å². The molecule has 18 heavy (non-hydrogen) atoms. The van der Waals surface area contributed by atoms with Crippen LogP contribution in [0.4, 0.5) is 0 Å². The van der Waals surface area contributed by atoms with E-state index in [1.54, 1.807) is 19.1 Å². The fourth-order valence-electron chi connectivity index (χ4n) is 1.16. The first-order valence-corrected chi connectivity index (χ1v) is 6.75. The Kier molecular flexibility index (Phi) is 6.31. The smallest absolute Gasteiger partial charge is 0.0966 e. The molecule has 0 nitrogen and oxygen atoms in total. The monoisotopic (exact) mass is 320 g/mol. The van der Waals surface area contributed by atoms with Crippen molar-refractivity contribution in [3.8, 4) is 0 Å². The van der Waals surface area contributed by atoms with Gasteiger partial charge in [0, 0.05) is 10.0 Å². The molecular formula is C14H12Cl4. The van der Waals surface area contributed by atoms with Crippen molar-refractivity contribution in [1.82, 2.24) is 0 Å². The summed E-state index contributed by atoms with van der Waals surface area (Å²) in [6.07, 6.45) is 0. The van der Waals surface area contributed by atoms with Crippen LogP contribution in [0.25, 0.3) is 0 Å². The predicted molar refractivity (Wildman–Crippen MR) is 82.0 cm³/mol. The van der Waals surface area contributed by atoms with E-state index in [1.807, 2.05) is 42.5 Å². The van der Waals surface area contributed by atoms with Crippen LogP contribution < -0.4 is 0 Å². The van der Waals surface area contributed by atoms with E-state index in [1.165, 1.54) is 0 Å². The van der Waals surface area contributed by atoms with Crippen molar-refractivity contribution in [3.05, 3.63) is 70.2 Å². The third kappa shape index (κ3) is 5.97. The summed E-state index contributed by atoms with van der Waals surface area (Å²) in [4.78, 5) is 0. The average molecular weight is 322 g/mol. The third-order valence-electron chi connectivity index (χ3n) is 2.08. The van der Waals surface area contributed by atoms with Gasteiger partial charge in [0.05, 0.1) is 0 Å². The van der Waals surface area contributed by atoms with Crippen LogP contribution in [0.5, 0.6) is 0 Å². The molecule has 0 fully saturated rings. The highest BCUT2D eigenvalue weighted by atomic mass is 35.5. The molecule has 0 aliphatic carbocycles. The molecule has 2 aromatic carbocycles. The first-order chi connectivity index (χ1) is 8.39. The third-order valence-corrected chi connectivity index (χ3v) is 3.02. The number of rotatable bonds is 1. The molecule has 0 aliphatic rings. The highest BCUT2D eigenvalue weighted by molar-refractivity contribution is 6.47. The van der Waals surface area contributed by atoms with E-state index in [0.717, 1.165) is 10.6 Å². The summed E-state index contributed by atoms with van der Waals surface area (Å²) in [5, 5.41) is 1.48. The van der Waals surface area contributed by atoms with Gasteiger partial charge in [0.1, 0.15) is 4.33 Å². The van der Waals surface area contributed by atoms with Crippen LogP contribution in [0.3, 0.4) is 0 Å². The Labute approximate surface area is 127 Å². The predicted octanol–water partition coefficient (Wildman–Crippen LogP) is 6.33. The van der Waals surface area contributed by atoms with Crippen molar-refractivity contribution in [2.45, 2.75) is 11.3 Å². The maximum absolute atomic E-state index is 5.83. The van der Waals surface area contributed by atoms with E-state index in [4.69, 9.17) is 46.4 Å². The lowest BCUT2D eigenvalue weighted by molar-refractivity contribution is 0.977. The standard InChI is InChI=1S/C8H7Cl3.C6H5Cl/c1-8(10,11)6-2-4-7(9)5-3-6;7-6-4-2-1-3-5-6/h2-5H,1H3;1-5H. The normalized spacial score (nSPS) is 10.5. The van der Waals surface area contributed by atoms with Gasteiger partial charge < -0.3 is 0 Å². The van der Waals surface area contributed by atoms with Gasteiger partial charge in [-0.05, 0) is 36.8 Å². The molecule has 0 aromatic heterocycles. The molecule has 2 aromatic rings. The van der Waals surface area contributed by atoms with Crippen molar-refractivity contribution in [2.24, 2.45) is 0 Å². The van der Waals surface area contributed by atoms with E-state index in [9.17, 15) is 0 Å². The summed E-state index contributed by atoms with van der Waals surface area (Å²) in [7, 11) is 0. The van der Waals surface area contributed by atoms with Crippen molar-refractivity contribution < 1.29 is 0 Å². The topological polar surface area (TPSA) is 0 Å². The number of hydrogen-bond acceptors (Lipinski definition) is 0. The molecule has 2 rings (SSSR count). The summed E-state index contributed by atoms with van der Waals surface area (Å²) in [5.74, 6) is 0. The molecule has 0 unspecified atom stereocenters. The lowest BCUT2D eigenvalue weighted by Gasteiger charge is -2.12. The summed E-state index contributed by atoms with van der Waals surface area (Å²) < 4.78 is -0.829. The van der Waals surface area contributed by atoms with E-state index in [2.05, 4.69) is 0 Å². The first-order valence-electron chi connectivity index (χ1n) is 5.24. The second-order valence-corrected chi connectivity index (χ2v) is 6.27. The molecule has 0 atom stereocenters. The van der Waals surface area contributed by atoms with Crippen molar-refractivity contribution in [3.63, 3.8) is 0 Å². The Bertz CT molecular complexity index is 457. The van der Waals surface area contributed by atoms with Gasteiger partial charge in [-0.25, -0.2) is 0 Å². The number of alkyl halides is 2. The highest BCUT2D eigenvalue weighted by Crippen LogP contribution is 2.33. The van der Waals surface area contributed by atoms with Gasteiger partial charge in [0.25, 0.3) is 0 Å². The van der Waals surface area contributed by atoms with Crippen molar-refractivity contribution in [2.75, 3.05) is 0 Å². The minimum absolute atomic E-state index is 0.686. The van der Waals surface area contributed by atoms with Gasteiger partial charge in [-0.2, -0.15) is 0 Å². The van der Waals surface area contributed by atoms with Gasteiger partial charge in [-0.15, -0.1) is 0 Å². The minimum atomic E-state index is -0.829. The van der Waals surface area contributed by atoms with Crippen LogP contribution in [0.2, 0.25) is 10.0 Å². The Morgan fingerprint density at radius 2 is 1.17 bits per heavy atom. The van der Waals surface area contributed by atoms with Crippen molar-refractivity contribution >= 4 is 46.4 Å². The van der Waals surface area contributed by atoms with Gasteiger partial charge in [-0.1, -0.05) is 76.7 Å². The number of hydrogen-bond donors (Lipinski definition) is 0. The average Bonchev–Trinajstić information content (AvgIpc) is 2.30. The van der Waals surface area contributed by atoms with Crippen LogP contribution in [0.15, 0.2) is 54.6 Å². The Balaban J connectivity index is 0.000000199. The van der Waals surface area contributed by atoms with Crippen LogP contribution >= 0.6 is 46.4 Å². The van der Waals surface area contributed by atoms with Gasteiger partial charge >= 0.3 is 0 Å².